The normalized spacial score (nSPS) is 11.3. The van der Waals surface area contributed by atoms with E-state index in [-0.39, 0.29) is 16.9 Å². The van der Waals surface area contributed by atoms with E-state index in [2.05, 4.69) is 15.0 Å². The van der Waals surface area contributed by atoms with E-state index < -0.39 is 11.2 Å². The van der Waals surface area contributed by atoms with Crippen LogP contribution in [-0.2, 0) is 14.1 Å². The first-order valence-electron chi connectivity index (χ1n) is 7.99. The zero-order valence-corrected chi connectivity index (χ0v) is 14.5. The van der Waals surface area contributed by atoms with Crippen molar-refractivity contribution in [3.8, 4) is 11.3 Å². The summed E-state index contributed by atoms with van der Waals surface area (Å²) < 4.78 is 2.34. The summed E-state index contributed by atoms with van der Waals surface area (Å²) in [5, 5.41) is 0.756. The van der Waals surface area contributed by atoms with Gasteiger partial charge in [-0.15, -0.1) is 0 Å². The molecule has 0 saturated heterocycles. The zero-order valence-electron chi connectivity index (χ0n) is 14.5. The summed E-state index contributed by atoms with van der Waals surface area (Å²) in [6, 6.07) is 9.51. The highest BCUT2D eigenvalue weighted by Crippen LogP contribution is 2.32. The molecule has 3 heterocycles. The summed E-state index contributed by atoms with van der Waals surface area (Å²) in [5.74, 6) is 0.675. The molecular weight excluding hydrogens is 332 g/mol. The number of hydrogen-bond donors (Lipinski definition) is 1. The Balaban J connectivity index is 2.32. The number of nitrogens with two attached hydrogens (primary N) is 1. The van der Waals surface area contributed by atoms with Gasteiger partial charge in [0.15, 0.2) is 5.65 Å². The summed E-state index contributed by atoms with van der Waals surface area (Å²) in [6.07, 6.45) is 0. The van der Waals surface area contributed by atoms with Crippen LogP contribution in [0.5, 0.6) is 0 Å². The second-order valence-electron chi connectivity index (χ2n) is 6.11. The molecule has 0 atom stereocenters. The van der Waals surface area contributed by atoms with Gasteiger partial charge in [-0.1, -0.05) is 30.3 Å². The zero-order chi connectivity index (χ0) is 18.6. The van der Waals surface area contributed by atoms with Crippen LogP contribution < -0.4 is 17.0 Å². The highest BCUT2D eigenvalue weighted by molar-refractivity contribution is 6.11. The number of rotatable bonds is 1. The fourth-order valence-electron chi connectivity index (χ4n) is 3.14. The van der Waals surface area contributed by atoms with E-state index in [9.17, 15) is 9.59 Å². The summed E-state index contributed by atoms with van der Waals surface area (Å²) in [7, 11) is 2.98. The van der Waals surface area contributed by atoms with E-state index in [0.717, 1.165) is 10.1 Å². The van der Waals surface area contributed by atoms with Gasteiger partial charge in [-0.05, 0) is 6.92 Å². The molecule has 0 radical (unpaired) electrons. The van der Waals surface area contributed by atoms with Crippen molar-refractivity contribution in [2.45, 2.75) is 6.92 Å². The highest BCUT2D eigenvalue weighted by Gasteiger charge is 2.20. The first-order valence-corrected chi connectivity index (χ1v) is 7.99. The second kappa shape index (κ2) is 5.48. The number of pyridine rings is 1. The van der Waals surface area contributed by atoms with Crippen LogP contribution >= 0.6 is 0 Å². The van der Waals surface area contributed by atoms with Crippen LogP contribution in [0.3, 0.4) is 0 Å². The second-order valence-corrected chi connectivity index (χ2v) is 6.11. The minimum absolute atomic E-state index is 0.176. The topological polar surface area (TPSA) is 109 Å². The van der Waals surface area contributed by atoms with Crippen molar-refractivity contribution in [2.75, 3.05) is 5.73 Å². The Labute approximate surface area is 147 Å². The van der Waals surface area contributed by atoms with Crippen molar-refractivity contribution < 1.29 is 0 Å². The number of benzene rings is 1. The monoisotopic (exact) mass is 348 g/mol. The molecule has 3 aromatic heterocycles. The van der Waals surface area contributed by atoms with Gasteiger partial charge < -0.3 is 5.73 Å². The summed E-state index contributed by atoms with van der Waals surface area (Å²) in [5.41, 5.74) is 7.33. The molecule has 0 amide bonds. The van der Waals surface area contributed by atoms with Crippen LogP contribution in [0.15, 0.2) is 39.9 Å². The summed E-state index contributed by atoms with van der Waals surface area (Å²) in [4.78, 5) is 38.3. The van der Waals surface area contributed by atoms with Crippen molar-refractivity contribution in [3.05, 3.63) is 57.0 Å². The smallest absolute Gasteiger partial charge is 0.332 e. The van der Waals surface area contributed by atoms with Crippen molar-refractivity contribution in [3.63, 3.8) is 0 Å². The van der Waals surface area contributed by atoms with Gasteiger partial charge in [0.2, 0.25) is 0 Å². The van der Waals surface area contributed by atoms with Crippen LogP contribution in [0.1, 0.15) is 5.82 Å². The molecule has 130 valence electrons. The number of aromatic nitrogens is 5. The minimum Gasteiger partial charge on any atom is -0.383 e. The molecule has 0 aliphatic carbocycles. The molecule has 1 aromatic carbocycles. The van der Waals surface area contributed by atoms with Crippen LogP contribution in [-0.4, -0.2) is 24.1 Å². The largest absolute Gasteiger partial charge is 0.383 e. The number of aryl methyl sites for hydroxylation is 2. The third-order valence-corrected chi connectivity index (χ3v) is 4.42. The average molecular weight is 348 g/mol. The Morgan fingerprint density at radius 1 is 0.923 bits per heavy atom. The lowest BCUT2D eigenvalue weighted by molar-refractivity contribution is 0.708. The molecule has 4 aromatic rings. The van der Waals surface area contributed by atoms with Crippen molar-refractivity contribution >= 4 is 27.8 Å². The third kappa shape index (κ3) is 2.12. The van der Waals surface area contributed by atoms with Crippen molar-refractivity contribution in [2.24, 2.45) is 14.1 Å². The number of anilines is 1. The average Bonchev–Trinajstić information content (AvgIpc) is 2.64. The first-order chi connectivity index (χ1) is 12.4. The van der Waals surface area contributed by atoms with E-state index >= 15 is 0 Å². The van der Waals surface area contributed by atoms with Crippen LogP contribution in [0.25, 0.3) is 33.2 Å². The Kier molecular flexibility index (Phi) is 3.36. The van der Waals surface area contributed by atoms with Crippen molar-refractivity contribution in [1.29, 1.82) is 0 Å². The maximum atomic E-state index is 12.8. The number of nitrogen functional groups attached to an aromatic ring is 1. The van der Waals surface area contributed by atoms with Gasteiger partial charge >= 0.3 is 5.69 Å². The van der Waals surface area contributed by atoms with Crippen LogP contribution in [0.2, 0.25) is 0 Å². The molecule has 8 heteroatoms. The van der Waals surface area contributed by atoms with Gasteiger partial charge in [0.1, 0.15) is 17.0 Å². The third-order valence-electron chi connectivity index (χ3n) is 4.42. The molecule has 0 fully saturated rings. The standard InChI is InChI=1S/C18H16N6O2/c1-9-20-13(10-7-5-4-6-8-10)11-14(21-9)12-16(22-15(11)19)23(2)18(26)24(3)17(12)25/h4-8H,1-3H3,(H2,19,22). The minimum atomic E-state index is -0.470. The van der Waals surface area contributed by atoms with E-state index in [4.69, 9.17) is 5.73 Å². The number of nitrogens with zero attached hydrogens (tertiary/aromatic N) is 5. The van der Waals surface area contributed by atoms with E-state index in [1.807, 2.05) is 30.3 Å². The Bertz CT molecular complexity index is 1310. The molecule has 0 saturated carbocycles. The molecule has 0 aliphatic rings. The Hall–Kier alpha value is -3.55. The maximum Gasteiger partial charge on any atom is 0.332 e. The van der Waals surface area contributed by atoms with Gasteiger partial charge in [-0.25, -0.2) is 19.7 Å². The number of fused-ring (bicyclic) bond motifs is 3. The van der Waals surface area contributed by atoms with Crippen molar-refractivity contribution in [1.82, 2.24) is 24.1 Å². The maximum absolute atomic E-state index is 12.8. The fourth-order valence-corrected chi connectivity index (χ4v) is 3.14. The summed E-state index contributed by atoms with van der Waals surface area (Å²) >= 11 is 0. The lowest BCUT2D eigenvalue weighted by Gasteiger charge is -2.13. The quantitative estimate of drug-likeness (QED) is 0.517. The Morgan fingerprint density at radius 2 is 1.62 bits per heavy atom. The first kappa shape index (κ1) is 15.9. The molecular formula is C18H16N6O2. The van der Waals surface area contributed by atoms with Gasteiger partial charge in [-0.2, -0.15) is 0 Å². The molecule has 2 N–H and O–H groups in total. The lowest BCUT2D eigenvalue weighted by Crippen LogP contribution is -2.37. The van der Waals surface area contributed by atoms with E-state index in [0.29, 0.717) is 22.4 Å². The molecule has 0 unspecified atom stereocenters. The molecule has 0 aliphatic heterocycles. The Morgan fingerprint density at radius 3 is 2.31 bits per heavy atom. The molecule has 26 heavy (non-hydrogen) atoms. The number of hydrogen-bond acceptors (Lipinski definition) is 6. The molecule has 0 spiro atoms. The SMILES string of the molecule is Cc1nc(-c2ccccc2)c2c(N)nc3c(c(=O)n(C)c(=O)n3C)c2n1. The van der Waals surface area contributed by atoms with Gasteiger partial charge in [0.05, 0.1) is 16.6 Å². The highest BCUT2D eigenvalue weighted by atomic mass is 16.2. The van der Waals surface area contributed by atoms with E-state index in [1.54, 1.807) is 14.0 Å². The van der Waals surface area contributed by atoms with Gasteiger partial charge in [-0.3, -0.25) is 13.9 Å². The lowest BCUT2D eigenvalue weighted by atomic mass is 10.1. The van der Waals surface area contributed by atoms with E-state index in [1.165, 1.54) is 11.6 Å². The fraction of sp³-hybridized carbons (Fsp3) is 0.167. The predicted octanol–water partition coefficient (Wildman–Crippen LogP) is 1.13. The van der Waals surface area contributed by atoms with Crippen LogP contribution in [0, 0.1) is 6.92 Å². The summed E-state index contributed by atoms with van der Waals surface area (Å²) in [6.45, 7) is 1.75. The van der Waals surface area contributed by atoms with Crippen LogP contribution in [0.4, 0.5) is 5.82 Å². The molecule has 8 nitrogen and oxygen atoms in total. The predicted molar refractivity (Wildman–Crippen MR) is 99.9 cm³/mol. The van der Waals surface area contributed by atoms with Gasteiger partial charge in [0, 0.05) is 19.7 Å². The molecule has 0 bridgehead atoms. The van der Waals surface area contributed by atoms with Gasteiger partial charge in [0.25, 0.3) is 5.56 Å². The molecule has 4 rings (SSSR count).